The fourth-order valence-corrected chi connectivity index (χ4v) is 3.26. The van der Waals surface area contributed by atoms with Crippen molar-refractivity contribution in [2.45, 2.75) is 19.8 Å². The number of ether oxygens (including phenoxy) is 1. The van der Waals surface area contributed by atoms with Crippen LogP contribution in [0, 0.1) is 0 Å². The second-order valence-corrected chi connectivity index (χ2v) is 6.46. The van der Waals surface area contributed by atoms with E-state index in [1.807, 2.05) is 6.92 Å². The van der Waals surface area contributed by atoms with Crippen LogP contribution in [0.4, 0.5) is 11.6 Å². The molecule has 28 heavy (non-hydrogen) atoms. The van der Waals surface area contributed by atoms with Gasteiger partial charge in [0.25, 0.3) is 5.91 Å². The van der Waals surface area contributed by atoms with Crippen molar-refractivity contribution in [1.82, 2.24) is 9.97 Å². The number of hydrogen-bond acceptors (Lipinski definition) is 7. The first kappa shape index (κ1) is 18.0. The van der Waals surface area contributed by atoms with Crippen LogP contribution in [0.5, 0.6) is 5.75 Å². The molecule has 1 saturated heterocycles. The zero-order chi connectivity index (χ0) is 19.5. The Labute approximate surface area is 161 Å². The number of aromatic nitrogens is 2. The van der Waals surface area contributed by atoms with Gasteiger partial charge in [-0.1, -0.05) is 12.1 Å². The summed E-state index contributed by atoms with van der Waals surface area (Å²) >= 11 is 0. The molecule has 1 fully saturated rings. The molecular formula is C20H20N4O4. The Balaban J connectivity index is 1.61. The number of hydrogen-bond donors (Lipinski definition) is 1. The number of carbonyl (C=O) groups excluding carboxylic acids is 1. The molecule has 144 valence electrons. The van der Waals surface area contributed by atoms with E-state index in [9.17, 15) is 9.59 Å². The molecule has 0 spiro atoms. The van der Waals surface area contributed by atoms with Gasteiger partial charge in [0, 0.05) is 24.5 Å². The summed E-state index contributed by atoms with van der Waals surface area (Å²) in [6.07, 6.45) is 3.64. The molecule has 1 amide bonds. The second-order valence-electron chi connectivity index (χ2n) is 6.46. The molecular weight excluding hydrogens is 360 g/mol. The predicted octanol–water partition coefficient (Wildman–Crippen LogP) is 2.83. The van der Waals surface area contributed by atoms with E-state index in [0.29, 0.717) is 29.1 Å². The molecule has 8 nitrogen and oxygen atoms in total. The zero-order valence-electron chi connectivity index (χ0n) is 15.5. The lowest BCUT2D eigenvalue weighted by molar-refractivity contribution is 0.102. The minimum atomic E-state index is -0.731. The van der Waals surface area contributed by atoms with Crippen molar-refractivity contribution in [2.24, 2.45) is 0 Å². The third kappa shape index (κ3) is 3.53. The van der Waals surface area contributed by atoms with Gasteiger partial charge in [-0.3, -0.25) is 4.79 Å². The molecule has 3 heterocycles. The molecule has 0 atom stereocenters. The van der Waals surface area contributed by atoms with Crippen LogP contribution in [-0.4, -0.2) is 35.6 Å². The van der Waals surface area contributed by atoms with Gasteiger partial charge in [-0.25, -0.2) is 14.8 Å². The van der Waals surface area contributed by atoms with Gasteiger partial charge in [-0.15, -0.1) is 0 Å². The standard InChI is InChI=1S/C20H20N4O4/c1-2-27-15-7-5-6-13-10-14(20(26)28-18(13)15)19(25)23-16-11-17(22-12-21-16)24-8-3-4-9-24/h5-7,10-12H,2-4,8-9H2,1H3,(H,21,22,23,25). The number of benzene rings is 1. The van der Waals surface area contributed by atoms with E-state index in [1.54, 1.807) is 24.3 Å². The molecule has 1 aliphatic rings. The molecule has 1 N–H and O–H groups in total. The van der Waals surface area contributed by atoms with Crippen molar-refractivity contribution in [1.29, 1.82) is 0 Å². The highest BCUT2D eigenvalue weighted by atomic mass is 16.5. The van der Waals surface area contributed by atoms with Gasteiger partial charge in [0.1, 0.15) is 23.5 Å². The lowest BCUT2D eigenvalue weighted by Gasteiger charge is -2.16. The number of rotatable bonds is 5. The molecule has 0 bridgehead atoms. The van der Waals surface area contributed by atoms with Gasteiger partial charge in [-0.2, -0.15) is 0 Å². The largest absolute Gasteiger partial charge is 0.490 e. The van der Waals surface area contributed by atoms with Gasteiger partial charge in [0.15, 0.2) is 11.3 Å². The average Bonchev–Trinajstić information content (AvgIpc) is 3.23. The molecule has 0 radical (unpaired) electrons. The fourth-order valence-electron chi connectivity index (χ4n) is 3.26. The first-order valence-corrected chi connectivity index (χ1v) is 9.23. The average molecular weight is 380 g/mol. The number of nitrogens with one attached hydrogen (secondary N) is 1. The van der Waals surface area contributed by atoms with E-state index in [4.69, 9.17) is 9.15 Å². The van der Waals surface area contributed by atoms with Crippen LogP contribution >= 0.6 is 0 Å². The van der Waals surface area contributed by atoms with Crippen molar-refractivity contribution < 1.29 is 13.9 Å². The second kappa shape index (κ2) is 7.67. The molecule has 1 aliphatic heterocycles. The minimum absolute atomic E-state index is 0.0949. The highest BCUT2D eigenvalue weighted by Crippen LogP contribution is 2.25. The first-order valence-electron chi connectivity index (χ1n) is 9.23. The normalized spacial score (nSPS) is 13.7. The van der Waals surface area contributed by atoms with Gasteiger partial charge in [0.2, 0.25) is 0 Å². The van der Waals surface area contributed by atoms with Crippen LogP contribution in [0.3, 0.4) is 0 Å². The SMILES string of the molecule is CCOc1cccc2cc(C(=O)Nc3cc(N4CCCC4)ncn3)c(=O)oc12. The Hall–Kier alpha value is -3.42. The summed E-state index contributed by atoms with van der Waals surface area (Å²) in [4.78, 5) is 35.5. The molecule has 8 heteroatoms. The molecule has 3 aromatic rings. The third-order valence-electron chi connectivity index (χ3n) is 4.59. The summed E-state index contributed by atoms with van der Waals surface area (Å²) in [5, 5.41) is 3.27. The van der Waals surface area contributed by atoms with Gasteiger partial charge >= 0.3 is 5.63 Å². The van der Waals surface area contributed by atoms with Gasteiger partial charge in [0.05, 0.1) is 6.61 Å². The maximum Gasteiger partial charge on any atom is 0.349 e. The van der Waals surface area contributed by atoms with Crippen molar-refractivity contribution in [2.75, 3.05) is 29.9 Å². The topological polar surface area (TPSA) is 97.6 Å². The van der Waals surface area contributed by atoms with Crippen molar-refractivity contribution in [3.8, 4) is 5.75 Å². The summed E-state index contributed by atoms with van der Waals surface area (Å²) in [5.74, 6) is 0.984. The maximum absolute atomic E-state index is 12.6. The number of anilines is 2. The minimum Gasteiger partial charge on any atom is -0.490 e. The Morgan fingerprint density at radius 2 is 2.07 bits per heavy atom. The monoisotopic (exact) mass is 380 g/mol. The Morgan fingerprint density at radius 3 is 2.86 bits per heavy atom. The van der Waals surface area contributed by atoms with E-state index >= 15 is 0 Å². The summed E-state index contributed by atoms with van der Waals surface area (Å²) < 4.78 is 10.8. The van der Waals surface area contributed by atoms with Crippen LogP contribution in [0.15, 0.2) is 45.9 Å². The van der Waals surface area contributed by atoms with E-state index in [1.165, 1.54) is 12.4 Å². The summed E-state index contributed by atoms with van der Waals surface area (Å²) in [5.41, 5.74) is -0.502. The van der Waals surface area contributed by atoms with Crippen LogP contribution in [0.1, 0.15) is 30.1 Å². The molecule has 0 saturated carbocycles. The number of para-hydroxylation sites is 1. The lowest BCUT2D eigenvalue weighted by Crippen LogP contribution is -2.22. The van der Waals surface area contributed by atoms with E-state index in [-0.39, 0.29) is 5.56 Å². The number of fused-ring (bicyclic) bond motifs is 1. The molecule has 0 unspecified atom stereocenters. The Morgan fingerprint density at radius 1 is 1.25 bits per heavy atom. The van der Waals surface area contributed by atoms with Crippen LogP contribution in [0.2, 0.25) is 0 Å². The smallest absolute Gasteiger partial charge is 0.349 e. The number of amides is 1. The summed E-state index contributed by atoms with van der Waals surface area (Å²) in [6.45, 7) is 4.15. The number of carbonyl (C=O) groups is 1. The molecule has 1 aromatic carbocycles. The van der Waals surface area contributed by atoms with E-state index < -0.39 is 11.5 Å². The lowest BCUT2D eigenvalue weighted by atomic mass is 10.1. The van der Waals surface area contributed by atoms with E-state index in [0.717, 1.165) is 31.7 Å². The quantitative estimate of drug-likeness (QED) is 0.680. The summed E-state index contributed by atoms with van der Waals surface area (Å²) in [7, 11) is 0. The van der Waals surface area contributed by atoms with Crippen LogP contribution in [0.25, 0.3) is 11.0 Å². The highest BCUT2D eigenvalue weighted by Gasteiger charge is 2.18. The predicted molar refractivity (Wildman–Crippen MR) is 105 cm³/mol. The fraction of sp³-hybridized carbons (Fsp3) is 0.300. The Bertz CT molecular complexity index is 1070. The third-order valence-corrected chi connectivity index (χ3v) is 4.59. The van der Waals surface area contributed by atoms with Crippen LogP contribution < -0.4 is 20.6 Å². The van der Waals surface area contributed by atoms with Crippen molar-refractivity contribution >= 4 is 28.5 Å². The highest BCUT2D eigenvalue weighted by molar-refractivity contribution is 6.05. The summed E-state index contributed by atoms with van der Waals surface area (Å²) in [6, 6.07) is 8.46. The van der Waals surface area contributed by atoms with Crippen molar-refractivity contribution in [3.63, 3.8) is 0 Å². The number of nitrogens with zero attached hydrogens (tertiary/aromatic N) is 3. The molecule has 2 aromatic heterocycles. The zero-order valence-corrected chi connectivity index (χ0v) is 15.5. The Kier molecular flexibility index (Phi) is 4.92. The molecule has 4 rings (SSSR count). The van der Waals surface area contributed by atoms with Crippen LogP contribution in [-0.2, 0) is 0 Å². The van der Waals surface area contributed by atoms with Gasteiger partial charge in [-0.05, 0) is 31.9 Å². The van der Waals surface area contributed by atoms with E-state index in [2.05, 4.69) is 20.2 Å². The molecule has 0 aliphatic carbocycles. The maximum atomic E-state index is 12.6. The van der Waals surface area contributed by atoms with Gasteiger partial charge < -0.3 is 19.4 Å². The first-order chi connectivity index (χ1) is 13.7. The van der Waals surface area contributed by atoms with Crippen molar-refractivity contribution in [3.05, 3.63) is 52.6 Å².